The summed E-state index contributed by atoms with van der Waals surface area (Å²) < 4.78 is 3.50. The van der Waals surface area contributed by atoms with Crippen LogP contribution in [0.25, 0.3) is 16.7 Å². The van der Waals surface area contributed by atoms with Crippen molar-refractivity contribution in [2.24, 2.45) is 0 Å². The second-order valence-corrected chi connectivity index (χ2v) is 7.71. The van der Waals surface area contributed by atoms with Crippen LogP contribution < -0.4 is 5.56 Å². The lowest BCUT2D eigenvalue weighted by atomic mass is 10.1. The van der Waals surface area contributed by atoms with Gasteiger partial charge in [-0.1, -0.05) is 53.7 Å². The molecule has 0 spiro atoms. The maximum Gasteiger partial charge on any atom is 0.263 e. The van der Waals surface area contributed by atoms with E-state index in [-0.39, 0.29) is 10.8 Å². The van der Waals surface area contributed by atoms with Crippen LogP contribution in [0, 0.1) is 18.3 Å². The van der Waals surface area contributed by atoms with E-state index < -0.39 is 0 Å². The number of aromatic nitrogens is 4. The molecule has 1 atom stereocenters. The molecule has 7 heteroatoms. The largest absolute Gasteiger partial charge is 0.272 e. The number of nitrogens with zero attached hydrogens (tertiary/aromatic N) is 5. The summed E-state index contributed by atoms with van der Waals surface area (Å²) in [6.45, 7) is 4.25. The molecule has 4 aromatic rings. The Kier molecular flexibility index (Phi) is 4.42. The molecular formula is C20H17N5OS. The molecule has 0 amide bonds. The Morgan fingerprint density at radius 2 is 1.89 bits per heavy atom. The standard InChI is InChI=1S/C20H17N5OS/c1-13-7-9-15(10-8-13)12-24-18(26)16-5-3-4-6-17(16)25-19(24)22-23-20(25)27-14(2)11-21/h3-10,14H,12H2,1-2H3. The molecule has 0 aliphatic heterocycles. The van der Waals surface area contributed by atoms with Gasteiger partial charge in [-0.05, 0) is 31.5 Å². The van der Waals surface area contributed by atoms with E-state index in [9.17, 15) is 4.79 Å². The van der Waals surface area contributed by atoms with Crippen LogP contribution in [0.2, 0.25) is 0 Å². The molecule has 6 nitrogen and oxygen atoms in total. The minimum Gasteiger partial charge on any atom is -0.272 e. The van der Waals surface area contributed by atoms with Gasteiger partial charge in [-0.15, -0.1) is 10.2 Å². The number of aryl methyl sites for hydroxylation is 1. The molecule has 27 heavy (non-hydrogen) atoms. The molecule has 134 valence electrons. The molecular weight excluding hydrogens is 358 g/mol. The third-order valence-corrected chi connectivity index (χ3v) is 5.34. The van der Waals surface area contributed by atoms with Gasteiger partial charge in [-0.3, -0.25) is 13.8 Å². The predicted octanol–water partition coefficient (Wildman–Crippen LogP) is 3.41. The molecule has 2 heterocycles. The first-order valence-corrected chi connectivity index (χ1v) is 9.45. The number of hydrogen-bond acceptors (Lipinski definition) is 5. The number of fused-ring (bicyclic) bond motifs is 3. The van der Waals surface area contributed by atoms with Crippen molar-refractivity contribution < 1.29 is 0 Å². The Hall–Kier alpha value is -3.11. The third kappa shape index (κ3) is 3.09. The van der Waals surface area contributed by atoms with Gasteiger partial charge in [0.1, 0.15) is 0 Å². The summed E-state index contributed by atoms with van der Waals surface area (Å²) in [6.07, 6.45) is 0. The van der Waals surface area contributed by atoms with E-state index in [0.717, 1.165) is 11.1 Å². The number of benzene rings is 2. The fraction of sp³-hybridized carbons (Fsp3) is 0.200. The molecule has 0 aliphatic carbocycles. The molecule has 4 rings (SSSR count). The molecule has 0 saturated carbocycles. The van der Waals surface area contributed by atoms with Crippen molar-refractivity contribution in [2.45, 2.75) is 30.8 Å². The molecule has 1 unspecified atom stereocenters. The van der Waals surface area contributed by atoms with E-state index in [4.69, 9.17) is 5.26 Å². The van der Waals surface area contributed by atoms with Crippen LogP contribution >= 0.6 is 11.8 Å². The quantitative estimate of drug-likeness (QED) is 0.511. The number of para-hydroxylation sites is 1. The average Bonchev–Trinajstić information content (AvgIpc) is 3.10. The molecule has 0 aliphatic rings. The summed E-state index contributed by atoms with van der Waals surface area (Å²) in [5.74, 6) is 0.479. The highest BCUT2D eigenvalue weighted by molar-refractivity contribution is 8.00. The monoisotopic (exact) mass is 375 g/mol. The lowest BCUT2D eigenvalue weighted by Gasteiger charge is -2.11. The van der Waals surface area contributed by atoms with Crippen molar-refractivity contribution in [3.05, 3.63) is 70.0 Å². The van der Waals surface area contributed by atoms with Crippen LogP contribution in [0.4, 0.5) is 0 Å². The van der Waals surface area contributed by atoms with Gasteiger partial charge in [0.05, 0.1) is 28.8 Å². The lowest BCUT2D eigenvalue weighted by Crippen LogP contribution is -2.24. The van der Waals surface area contributed by atoms with Crippen molar-refractivity contribution in [1.29, 1.82) is 5.26 Å². The van der Waals surface area contributed by atoms with Crippen molar-refractivity contribution >= 4 is 28.4 Å². The van der Waals surface area contributed by atoms with Gasteiger partial charge in [0, 0.05) is 0 Å². The SMILES string of the molecule is Cc1ccc(Cn2c(=O)c3ccccc3n3c(SC(C)C#N)nnc23)cc1. The minimum absolute atomic E-state index is 0.101. The van der Waals surface area contributed by atoms with E-state index >= 15 is 0 Å². The van der Waals surface area contributed by atoms with Gasteiger partial charge >= 0.3 is 0 Å². The van der Waals surface area contributed by atoms with Crippen LogP contribution in [-0.4, -0.2) is 24.4 Å². The number of thioether (sulfide) groups is 1. The Morgan fingerprint density at radius 3 is 2.63 bits per heavy atom. The van der Waals surface area contributed by atoms with E-state index in [2.05, 4.69) is 16.3 Å². The first-order chi connectivity index (χ1) is 13.1. The Labute approximate surface area is 160 Å². The van der Waals surface area contributed by atoms with Crippen LogP contribution in [0.3, 0.4) is 0 Å². The Balaban J connectivity index is 1.97. The number of hydrogen-bond donors (Lipinski definition) is 0. The molecule has 0 N–H and O–H groups in total. The normalized spacial score (nSPS) is 12.3. The van der Waals surface area contributed by atoms with Crippen molar-refractivity contribution in [2.75, 3.05) is 0 Å². The predicted molar refractivity (Wildman–Crippen MR) is 106 cm³/mol. The van der Waals surface area contributed by atoms with Crippen LogP contribution in [0.5, 0.6) is 0 Å². The van der Waals surface area contributed by atoms with Crippen LogP contribution in [-0.2, 0) is 6.54 Å². The summed E-state index contributed by atoms with van der Waals surface area (Å²) >= 11 is 1.33. The highest BCUT2D eigenvalue weighted by atomic mass is 32.2. The van der Waals surface area contributed by atoms with Gasteiger partial charge in [-0.2, -0.15) is 5.26 Å². The average molecular weight is 375 g/mol. The van der Waals surface area contributed by atoms with E-state index in [0.29, 0.717) is 22.9 Å². The zero-order valence-corrected chi connectivity index (χ0v) is 15.8. The molecule has 0 fully saturated rings. The fourth-order valence-electron chi connectivity index (χ4n) is 3.01. The van der Waals surface area contributed by atoms with Gasteiger partial charge < -0.3 is 0 Å². The molecule has 0 saturated heterocycles. The van der Waals surface area contributed by atoms with E-state index in [1.165, 1.54) is 17.3 Å². The van der Waals surface area contributed by atoms with Crippen LogP contribution in [0.1, 0.15) is 18.1 Å². The van der Waals surface area contributed by atoms with E-state index in [1.54, 1.807) is 4.57 Å². The third-order valence-electron chi connectivity index (χ3n) is 4.40. The topological polar surface area (TPSA) is 76.0 Å². The van der Waals surface area contributed by atoms with Crippen molar-refractivity contribution in [1.82, 2.24) is 19.2 Å². The molecule has 2 aromatic heterocycles. The second-order valence-electron chi connectivity index (χ2n) is 6.40. The smallest absolute Gasteiger partial charge is 0.263 e. The highest BCUT2D eigenvalue weighted by Gasteiger charge is 2.18. The van der Waals surface area contributed by atoms with E-state index in [1.807, 2.05) is 66.8 Å². The van der Waals surface area contributed by atoms with Gasteiger partial charge in [0.2, 0.25) is 5.78 Å². The molecule has 0 radical (unpaired) electrons. The summed E-state index contributed by atoms with van der Waals surface area (Å²) in [5, 5.41) is 18.6. The zero-order chi connectivity index (χ0) is 19.0. The van der Waals surface area contributed by atoms with Crippen LogP contribution in [0.15, 0.2) is 58.5 Å². The maximum absolute atomic E-state index is 13.1. The Morgan fingerprint density at radius 1 is 1.15 bits per heavy atom. The second kappa shape index (κ2) is 6.89. The van der Waals surface area contributed by atoms with Crippen molar-refractivity contribution in [3.8, 4) is 6.07 Å². The first-order valence-electron chi connectivity index (χ1n) is 8.57. The highest BCUT2D eigenvalue weighted by Crippen LogP contribution is 2.24. The number of nitriles is 1. The summed E-state index contributed by atoms with van der Waals surface area (Å²) in [7, 11) is 0. The summed E-state index contributed by atoms with van der Waals surface area (Å²) in [6, 6.07) is 17.7. The van der Waals surface area contributed by atoms with Gasteiger partial charge in [-0.25, -0.2) is 0 Å². The molecule has 2 aromatic carbocycles. The fourth-order valence-corrected chi connectivity index (χ4v) is 3.76. The minimum atomic E-state index is -0.270. The summed E-state index contributed by atoms with van der Waals surface area (Å²) in [4.78, 5) is 13.1. The van der Waals surface area contributed by atoms with Gasteiger partial charge in [0.15, 0.2) is 5.16 Å². The molecule has 0 bridgehead atoms. The summed E-state index contributed by atoms with van der Waals surface area (Å²) in [5.41, 5.74) is 2.83. The number of rotatable bonds is 4. The Bertz CT molecular complexity index is 1230. The maximum atomic E-state index is 13.1. The van der Waals surface area contributed by atoms with Crippen molar-refractivity contribution in [3.63, 3.8) is 0 Å². The van der Waals surface area contributed by atoms with Gasteiger partial charge in [0.25, 0.3) is 5.56 Å². The first kappa shape index (κ1) is 17.3. The lowest BCUT2D eigenvalue weighted by molar-refractivity contribution is 0.763. The zero-order valence-electron chi connectivity index (χ0n) is 15.0.